The van der Waals surface area contributed by atoms with Gasteiger partial charge in [-0.05, 0) is 37.4 Å². The lowest BCUT2D eigenvalue weighted by atomic mass is 10.0. The van der Waals surface area contributed by atoms with Crippen molar-refractivity contribution in [3.8, 4) is 0 Å². The Balaban J connectivity index is 2.52. The van der Waals surface area contributed by atoms with Crippen molar-refractivity contribution in [3.05, 3.63) is 35.4 Å². The van der Waals surface area contributed by atoms with Gasteiger partial charge >= 0.3 is 0 Å². The second kappa shape index (κ2) is 7.46. The molecule has 2 N–H and O–H groups in total. The highest BCUT2D eigenvalue weighted by atomic mass is 16.3. The molecule has 2 nitrogen and oxygen atoms in total. The first-order chi connectivity index (χ1) is 8.19. The number of aryl methyl sites for hydroxylation is 1. The molecule has 0 amide bonds. The van der Waals surface area contributed by atoms with E-state index in [0.717, 1.165) is 24.9 Å². The van der Waals surface area contributed by atoms with Crippen molar-refractivity contribution in [1.82, 2.24) is 5.32 Å². The average molecular weight is 235 g/mol. The van der Waals surface area contributed by atoms with Crippen molar-refractivity contribution < 1.29 is 5.11 Å². The number of hydrogen-bond donors (Lipinski definition) is 2. The van der Waals surface area contributed by atoms with Gasteiger partial charge in [0.05, 0.1) is 6.10 Å². The molecule has 0 aliphatic heterocycles. The molecule has 0 saturated heterocycles. The maximum Gasteiger partial charge on any atom is 0.0940 e. The lowest BCUT2D eigenvalue weighted by molar-refractivity contribution is 0.136. The monoisotopic (exact) mass is 235 g/mol. The van der Waals surface area contributed by atoms with Crippen molar-refractivity contribution in [1.29, 1.82) is 0 Å². The van der Waals surface area contributed by atoms with E-state index < -0.39 is 6.10 Å². The molecule has 0 aliphatic rings. The van der Waals surface area contributed by atoms with E-state index in [-0.39, 0.29) is 6.04 Å². The third-order valence-electron chi connectivity index (χ3n) is 3.20. The Morgan fingerprint density at radius 3 is 2.35 bits per heavy atom. The van der Waals surface area contributed by atoms with Gasteiger partial charge in [0, 0.05) is 6.04 Å². The van der Waals surface area contributed by atoms with Gasteiger partial charge in [0.25, 0.3) is 0 Å². The summed E-state index contributed by atoms with van der Waals surface area (Å²) in [6.45, 7) is 7.32. The van der Waals surface area contributed by atoms with Gasteiger partial charge in [0.15, 0.2) is 0 Å². The van der Waals surface area contributed by atoms with Gasteiger partial charge in [0.2, 0.25) is 0 Å². The first kappa shape index (κ1) is 14.2. The molecule has 0 radical (unpaired) electrons. The van der Waals surface area contributed by atoms with Crippen LogP contribution >= 0.6 is 0 Å². The van der Waals surface area contributed by atoms with E-state index in [2.05, 4.69) is 31.3 Å². The van der Waals surface area contributed by atoms with Gasteiger partial charge in [-0.2, -0.15) is 0 Å². The van der Waals surface area contributed by atoms with Gasteiger partial charge in [-0.15, -0.1) is 0 Å². The molecule has 96 valence electrons. The van der Waals surface area contributed by atoms with Crippen LogP contribution in [0.4, 0.5) is 0 Å². The number of rotatable bonds is 7. The molecule has 1 aromatic carbocycles. The van der Waals surface area contributed by atoms with Crippen molar-refractivity contribution in [3.63, 3.8) is 0 Å². The van der Waals surface area contributed by atoms with Crippen LogP contribution in [0.5, 0.6) is 0 Å². The molecule has 2 unspecified atom stereocenters. The molecule has 0 fully saturated rings. The van der Waals surface area contributed by atoms with Crippen LogP contribution in [0.15, 0.2) is 24.3 Å². The standard InChI is InChI=1S/C15H25NO/c1-4-6-11-16-12(3)15(17)14-9-7-13(5-2)8-10-14/h7-10,12,15-17H,4-6,11H2,1-3H3. The van der Waals surface area contributed by atoms with Crippen LogP contribution < -0.4 is 5.32 Å². The number of unbranched alkanes of at least 4 members (excludes halogenated alkanes) is 1. The minimum atomic E-state index is -0.419. The maximum atomic E-state index is 10.2. The number of nitrogens with one attached hydrogen (secondary N) is 1. The Hall–Kier alpha value is -0.860. The molecule has 1 aromatic rings. The Labute approximate surface area is 105 Å². The fourth-order valence-electron chi connectivity index (χ4n) is 1.86. The zero-order valence-corrected chi connectivity index (χ0v) is 11.2. The summed E-state index contributed by atoms with van der Waals surface area (Å²) in [5.41, 5.74) is 2.31. The largest absolute Gasteiger partial charge is 0.387 e. The fraction of sp³-hybridized carbons (Fsp3) is 0.600. The van der Waals surface area contributed by atoms with Crippen molar-refractivity contribution >= 4 is 0 Å². The molecule has 0 aliphatic carbocycles. The summed E-state index contributed by atoms with van der Waals surface area (Å²) >= 11 is 0. The lowest BCUT2D eigenvalue weighted by Gasteiger charge is -2.20. The molecule has 0 heterocycles. The van der Waals surface area contributed by atoms with Gasteiger partial charge in [-0.25, -0.2) is 0 Å². The van der Waals surface area contributed by atoms with Crippen molar-refractivity contribution in [2.24, 2.45) is 0 Å². The predicted octanol–water partition coefficient (Wildman–Crippen LogP) is 3.06. The van der Waals surface area contributed by atoms with Gasteiger partial charge in [-0.3, -0.25) is 0 Å². The molecule has 17 heavy (non-hydrogen) atoms. The third kappa shape index (κ3) is 4.49. The van der Waals surface area contributed by atoms with Crippen LogP contribution in [0.3, 0.4) is 0 Å². The zero-order chi connectivity index (χ0) is 12.7. The lowest BCUT2D eigenvalue weighted by Crippen LogP contribution is -2.32. The number of aliphatic hydroxyl groups is 1. The topological polar surface area (TPSA) is 32.3 Å². The van der Waals surface area contributed by atoms with E-state index in [1.807, 2.05) is 19.1 Å². The zero-order valence-electron chi connectivity index (χ0n) is 11.2. The van der Waals surface area contributed by atoms with Gasteiger partial charge in [-0.1, -0.05) is 44.5 Å². The summed E-state index contributed by atoms with van der Waals surface area (Å²) in [7, 11) is 0. The minimum absolute atomic E-state index is 0.106. The number of hydrogen-bond acceptors (Lipinski definition) is 2. The SMILES string of the molecule is CCCCNC(C)C(O)c1ccc(CC)cc1. The second-order valence-electron chi connectivity index (χ2n) is 4.64. The Kier molecular flexibility index (Phi) is 6.23. The summed E-state index contributed by atoms with van der Waals surface area (Å²) < 4.78 is 0. The summed E-state index contributed by atoms with van der Waals surface area (Å²) in [5.74, 6) is 0. The molecule has 0 aromatic heterocycles. The fourth-order valence-corrected chi connectivity index (χ4v) is 1.86. The third-order valence-corrected chi connectivity index (χ3v) is 3.20. The normalized spacial score (nSPS) is 14.6. The highest BCUT2D eigenvalue weighted by molar-refractivity contribution is 5.24. The van der Waals surface area contributed by atoms with Crippen LogP contribution in [0.1, 0.15) is 50.8 Å². The number of aliphatic hydroxyl groups excluding tert-OH is 1. The molecule has 0 bridgehead atoms. The van der Waals surface area contributed by atoms with Gasteiger partial charge in [0.1, 0.15) is 0 Å². The second-order valence-corrected chi connectivity index (χ2v) is 4.64. The molecule has 1 rings (SSSR count). The van der Waals surface area contributed by atoms with E-state index in [0.29, 0.717) is 0 Å². The Morgan fingerprint density at radius 1 is 1.18 bits per heavy atom. The molecule has 2 atom stereocenters. The van der Waals surface area contributed by atoms with E-state index in [1.54, 1.807) is 0 Å². The minimum Gasteiger partial charge on any atom is -0.387 e. The van der Waals surface area contributed by atoms with Crippen molar-refractivity contribution in [2.75, 3.05) is 6.54 Å². The highest BCUT2D eigenvalue weighted by Gasteiger charge is 2.15. The Bertz CT molecular complexity index is 307. The van der Waals surface area contributed by atoms with Crippen LogP contribution in [0.2, 0.25) is 0 Å². The molecule has 0 spiro atoms. The summed E-state index contributed by atoms with van der Waals surface area (Å²) in [6.07, 6.45) is 2.96. The molecule has 0 saturated carbocycles. The maximum absolute atomic E-state index is 10.2. The quantitative estimate of drug-likeness (QED) is 0.712. The van der Waals surface area contributed by atoms with Crippen LogP contribution in [-0.4, -0.2) is 17.7 Å². The number of benzene rings is 1. The average Bonchev–Trinajstić information content (AvgIpc) is 2.38. The summed E-state index contributed by atoms with van der Waals surface area (Å²) in [6, 6.07) is 8.35. The first-order valence-electron chi connectivity index (χ1n) is 6.69. The van der Waals surface area contributed by atoms with Crippen LogP contribution in [-0.2, 0) is 6.42 Å². The summed E-state index contributed by atoms with van der Waals surface area (Å²) in [5, 5.41) is 13.5. The van der Waals surface area contributed by atoms with E-state index >= 15 is 0 Å². The van der Waals surface area contributed by atoms with Crippen LogP contribution in [0.25, 0.3) is 0 Å². The van der Waals surface area contributed by atoms with E-state index in [1.165, 1.54) is 12.0 Å². The Morgan fingerprint density at radius 2 is 1.82 bits per heavy atom. The smallest absolute Gasteiger partial charge is 0.0940 e. The molecular weight excluding hydrogens is 210 g/mol. The van der Waals surface area contributed by atoms with Gasteiger partial charge < -0.3 is 10.4 Å². The highest BCUT2D eigenvalue weighted by Crippen LogP contribution is 2.17. The predicted molar refractivity (Wildman–Crippen MR) is 73.2 cm³/mol. The summed E-state index contributed by atoms with van der Waals surface area (Å²) in [4.78, 5) is 0. The molecular formula is C15H25NO. The van der Waals surface area contributed by atoms with E-state index in [4.69, 9.17) is 0 Å². The van der Waals surface area contributed by atoms with Crippen molar-refractivity contribution in [2.45, 2.75) is 52.2 Å². The van der Waals surface area contributed by atoms with E-state index in [9.17, 15) is 5.11 Å². The van der Waals surface area contributed by atoms with Crippen LogP contribution in [0, 0.1) is 0 Å². The molecule has 2 heteroatoms. The first-order valence-corrected chi connectivity index (χ1v) is 6.69.